The van der Waals surface area contributed by atoms with Gasteiger partial charge >= 0.3 is 0 Å². The Morgan fingerprint density at radius 2 is 0.0769 bits per heavy atom. The maximum atomic E-state index is 2.19. The summed E-state index contributed by atoms with van der Waals surface area (Å²) in [5, 5.41) is 0. The Morgan fingerprint density at radius 1 is 0.0769 bits per heavy atom. The van der Waals surface area contributed by atoms with Crippen molar-refractivity contribution < 1.29 is 0 Å². The molecule has 0 radical (unpaired) electrons. The van der Waals surface area contributed by atoms with E-state index in [0.29, 0.717) is 5.41 Å². The van der Waals surface area contributed by atoms with Gasteiger partial charge in [-0.25, -0.2) is 0 Å². The first-order valence-corrected chi connectivity index (χ1v) is 32.0. The van der Waals surface area contributed by atoms with Gasteiger partial charge in [-0.3, -0.25) is 0 Å². The van der Waals surface area contributed by atoms with Crippen molar-refractivity contribution in [1.82, 2.24) is 0 Å². The Balaban J connectivity index is -0.00000000636. The molecule has 0 aliphatic rings. The Bertz CT molecular complexity index is 15.5. The zero-order valence-corrected chi connectivity index (χ0v) is 64.5. The van der Waals surface area contributed by atoms with Crippen LogP contribution in [0, 0.1) is 5.41 Å². The van der Waals surface area contributed by atoms with Gasteiger partial charge in [0.1, 0.15) is 0 Å². The van der Waals surface area contributed by atoms with Crippen molar-refractivity contribution in [3.63, 3.8) is 0 Å². The highest BCUT2D eigenvalue weighted by molar-refractivity contribution is 4.47. The van der Waals surface area contributed by atoms with Crippen LogP contribution in [0.1, 0.15) is 443 Å². The van der Waals surface area contributed by atoms with Crippen molar-refractivity contribution in [2.24, 2.45) is 5.41 Å². The van der Waals surface area contributed by atoms with Crippen molar-refractivity contribution in [3.8, 4) is 0 Å². The molecule has 0 unspecified atom stereocenters. The molecule has 0 aliphatic heterocycles. The van der Waals surface area contributed by atoms with Crippen LogP contribution in [-0.4, -0.2) is 0 Å². The summed E-state index contributed by atoms with van der Waals surface area (Å²) in [6, 6.07) is 0. The highest BCUT2D eigenvalue weighted by Crippen LogP contribution is 2.08. The van der Waals surface area contributed by atoms with Crippen molar-refractivity contribution in [1.29, 1.82) is 0 Å². The summed E-state index contributed by atoms with van der Waals surface area (Å²) in [7, 11) is 0. The fourth-order valence-corrected chi connectivity index (χ4v) is 0. The molecule has 0 saturated heterocycles. The van der Waals surface area contributed by atoms with E-state index in [2.05, 4.69) is 27.7 Å². The molecule has 0 saturated carbocycles. The molecule has 0 aliphatic carbocycles. The molecular formula is C65H192. The number of rotatable bonds is 0. The highest BCUT2D eigenvalue weighted by atomic mass is 14.0. The minimum atomic E-state index is 0.500. The highest BCUT2D eigenvalue weighted by Gasteiger charge is 1.95. The fourth-order valence-electron chi connectivity index (χ4n) is 0. The lowest BCUT2D eigenvalue weighted by molar-refractivity contribution is 0.469. The predicted octanol–water partition coefficient (Wildman–Crippen LogP) is 32.8. The minimum Gasteiger partial charge on any atom is -0.0683 e. The average molecular weight is 974 g/mol. The molecule has 0 aromatic rings. The van der Waals surface area contributed by atoms with Crippen LogP contribution in [0.15, 0.2) is 0 Å². The van der Waals surface area contributed by atoms with Crippen molar-refractivity contribution >= 4 is 0 Å². The van der Waals surface area contributed by atoms with Gasteiger partial charge in [0, 0.05) is 0 Å². The molecule has 0 aromatic heterocycles. The van der Waals surface area contributed by atoms with Gasteiger partial charge in [-0.1, -0.05) is 443 Å². The van der Waals surface area contributed by atoms with Crippen LogP contribution < -0.4 is 0 Å². The smallest absolute Gasteiger partial charge is 0.0411 e. The Morgan fingerprint density at radius 3 is 0.0769 bits per heavy atom. The summed E-state index contributed by atoms with van der Waals surface area (Å²) in [6.45, 7) is 129. The van der Waals surface area contributed by atoms with Crippen LogP contribution in [-0.2, 0) is 0 Å². The van der Waals surface area contributed by atoms with Crippen molar-refractivity contribution in [3.05, 3.63) is 0 Å². The van der Waals surface area contributed by atoms with Crippen LogP contribution in [0.25, 0.3) is 0 Å². The van der Waals surface area contributed by atoms with E-state index >= 15 is 0 Å². The summed E-state index contributed by atoms with van der Waals surface area (Å²) in [4.78, 5) is 0. The van der Waals surface area contributed by atoms with Crippen molar-refractivity contribution in [2.45, 2.75) is 443 Å². The maximum absolute atomic E-state index is 2.19. The molecular weight excluding hydrogens is 781 g/mol. The zero-order chi connectivity index (χ0) is 64.5. The quantitative estimate of drug-likeness (QED) is 0.227. The molecule has 0 rings (SSSR count). The van der Waals surface area contributed by atoms with Gasteiger partial charge in [0.25, 0.3) is 0 Å². The van der Waals surface area contributed by atoms with Gasteiger partial charge < -0.3 is 0 Å². The average Bonchev–Trinajstić information content (AvgIpc) is 3.52. The monoisotopic (exact) mass is 974 g/mol. The second-order valence-corrected chi connectivity index (χ2v) is 3.00. The molecule has 0 nitrogen and oxygen atoms in total. The second-order valence-electron chi connectivity index (χ2n) is 3.00. The van der Waals surface area contributed by atoms with Crippen LogP contribution >= 0.6 is 0 Å². The van der Waals surface area contributed by atoms with E-state index < -0.39 is 0 Å². The molecule has 0 spiro atoms. The number of hydrogen-bond donors (Lipinski definition) is 0. The summed E-state index contributed by atoms with van der Waals surface area (Å²) in [5.41, 5.74) is 0.500. The Kier molecular flexibility index (Phi) is 25000. The van der Waals surface area contributed by atoms with E-state index in [1.54, 1.807) is 0 Å². The minimum absolute atomic E-state index is 0.500. The maximum Gasteiger partial charge on any atom is -0.0411 e. The molecule has 0 bridgehead atoms. The lowest BCUT2D eigenvalue weighted by Gasteiger charge is -2.05. The molecule has 0 heterocycles. The van der Waals surface area contributed by atoms with E-state index in [-0.39, 0.29) is 0 Å². The van der Waals surface area contributed by atoms with Gasteiger partial charge in [0.2, 0.25) is 0 Å². The van der Waals surface area contributed by atoms with E-state index in [9.17, 15) is 0 Å². The standard InChI is InChI=1S/C5H12.30C2H6/c1-5(2,3)4;30*1-2/h1-4H3;30*1-2H3. The van der Waals surface area contributed by atoms with Crippen molar-refractivity contribution in [2.75, 3.05) is 0 Å². The first-order valence-electron chi connectivity index (χ1n) is 32.0. The molecule has 0 aromatic carbocycles. The van der Waals surface area contributed by atoms with E-state index in [1.165, 1.54) is 0 Å². The van der Waals surface area contributed by atoms with Gasteiger partial charge in [-0.2, -0.15) is 0 Å². The zero-order valence-electron chi connectivity index (χ0n) is 64.5. The summed E-state index contributed by atoms with van der Waals surface area (Å²) >= 11 is 0. The largest absolute Gasteiger partial charge is 0.0683 e. The van der Waals surface area contributed by atoms with Gasteiger partial charge in [0.05, 0.1) is 0 Å². The summed E-state index contributed by atoms with van der Waals surface area (Å²) < 4.78 is 0. The third kappa shape index (κ3) is 0. The lowest BCUT2D eigenvalue weighted by atomic mass is 10.0. The normalized spacial score (nSPS) is 3.69. The van der Waals surface area contributed by atoms with Crippen LogP contribution in [0.5, 0.6) is 0 Å². The van der Waals surface area contributed by atoms with Gasteiger partial charge in [-0.15, -0.1) is 0 Å². The van der Waals surface area contributed by atoms with Crippen LogP contribution in [0.2, 0.25) is 0 Å². The molecule has 0 amide bonds. The fraction of sp³-hybridized carbons (Fsp3) is 1.00. The van der Waals surface area contributed by atoms with E-state index in [1.807, 2.05) is 415 Å². The van der Waals surface area contributed by atoms with Crippen LogP contribution in [0.3, 0.4) is 0 Å². The third-order valence-corrected chi connectivity index (χ3v) is 0. The molecule has 0 heteroatoms. The molecule has 0 N–H and O–H groups in total. The lowest BCUT2D eigenvalue weighted by Crippen LogP contribution is -1.93. The Hall–Kier alpha value is 0. The first kappa shape index (κ1) is 230. The Labute approximate surface area is 446 Å². The summed E-state index contributed by atoms with van der Waals surface area (Å²) in [6.07, 6.45) is 0. The number of hydrogen-bond acceptors (Lipinski definition) is 0. The van der Waals surface area contributed by atoms with Crippen LogP contribution in [0.4, 0.5) is 0 Å². The molecule has 452 valence electrons. The molecule has 65 heavy (non-hydrogen) atoms. The van der Waals surface area contributed by atoms with E-state index in [4.69, 9.17) is 0 Å². The SMILES string of the molecule is CC.CC.CC.CC.CC.CC.CC.CC.CC.CC.CC.CC.CC.CC.CC.CC.CC.CC.CC.CC.CC.CC.CC.CC.CC.CC.CC.CC.CC.CC.CC(C)(C)C. The third-order valence-electron chi connectivity index (χ3n) is 0. The van der Waals surface area contributed by atoms with Gasteiger partial charge in [0.15, 0.2) is 0 Å². The molecule has 0 atom stereocenters. The van der Waals surface area contributed by atoms with Gasteiger partial charge in [-0.05, 0) is 5.41 Å². The van der Waals surface area contributed by atoms with E-state index in [0.717, 1.165) is 0 Å². The molecule has 0 fully saturated rings. The second kappa shape index (κ2) is 7060. The topological polar surface area (TPSA) is 0 Å². The predicted molar refractivity (Wildman–Crippen MR) is 366 cm³/mol. The summed E-state index contributed by atoms with van der Waals surface area (Å²) in [5.74, 6) is 0. The first-order chi connectivity index (χ1) is 32.0.